The summed E-state index contributed by atoms with van der Waals surface area (Å²) in [5, 5.41) is 9.00. The lowest BCUT2D eigenvalue weighted by molar-refractivity contribution is 0.169. The molecule has 48 valence electrons. The Labute approximate surface area is 49.1 Å². The predicted octanol–water partition coefficient (Wildman–Crippen LogP) is -1.38. The lowest BCUT2D eigenvalue weighted by Crippen LogP contribution is -2.32. The highest BCUT2D eigenvalue weighted by atomic mass is 16.3. The molecule has 0 bridgehead atoms. The molecule has 0 radical (unpaired) electrons. The molecule has 1 rings (SSSR count). The first kappa shape index (κ1) is 6.01. The van der Waals surface area contributed by atoms with Gasteiger partial charge in [-0.25, -0.2) is 0 Å². The van der Waals surface area contributed by atoms with Gasteiger partial charge in [0.15, 0.2) is 0 Å². The molecule has 0 spiro atoms. The zero-order valence-electron chi connectivity index (χ0n) is 5.04. The molecule has 1 fully saturated rings. The van der Waals surface area contributed by atoms with E-state index in [4.69, 9.17) is 10.8 Å². The van der Waals surface area contributed by atoms with E-state index in [0.717, 1.165) is 13.1 Å². The minimum absolute atomic E-state index is 0.0278. The van der Waals surface area contributed by atoms with Gasteiger partial charge in [-0.3, -0.25) is 0 Å². The summed E-state index contributed by atoms with van der Waals surface area (Å²) in [4.78, 5) is 2.02. The van der Waals surface area contributed by atoms with Crippen LogP contribution in [0, 0.1) is 0 Å². The molecule has 3 nitrogen and oxygen atoms in total. The minimum Gasteiger partial charge on any atom is -0.390 e. The van der Waals surface area contributed by atoms with Gasteiger partial charge in [-0.15, -0.1) is 0 Å². The molecule has 8 heavy (non-hydrogen) atoms. The van der Waals surface area contributed by atoms with Crippen LogP contribution in [0.25, 0.3) is 0 Å². The standard InChI is InChI=1S/C5H12N2O/c1-7-2-4(6)5(8)3-7/h4-5,8H,2-3,6H2,1H3/t4-,5?/m1/s1. The Bertz CT molecular complexity index is 76.5. The van der Waals surface area contributed by atoms with Gasteiger partial charge < -0.3 is 15.7 Å². The van der Waals surface area contributed by atoms with E-state index in [-0.39, 0.29) is 12.1 Å². The Balaban J connectivity index is 2.39. The molecule has 0 aromatic carbocycles. The van der Waals surface area contributed by atoms with Crippen LogP contribution in [0.15, 0.2) is 0 Å². The van der Waals surface area contributed by atoms with Gasteiger partial charge in [0, 0.05) is 19.1 Å². The van der Waals surface area contributed by atoms with Gasteiger partial charge >= 0.3 is 0 Å². The van der Waals surface area contributed by atoms with Gasteiger partial charge in [0.2, 0.25) is 0 Å². The summed E-state index contributed by atoms with van der Waals surface area (Å²) in [5.41, 5.74) is 5.48. The van der Waals surface area contributed by atoms with Crippen LogP contribution >= 0.6 is 0 Å². The SMILES string of the molecule is CN1CC(O)[C@H](N)C1. The first-order valence-corrected chi connectivity index (χ1v) is 2.82. The molecule has 0 aliphatic carbocycles. The van der Waals surface area contributed by atoms with E-state index >= 15 is 0 Å². The summed E-state index contributed by atoms with van der Waals surface area (Å²) in [7, 11) is 1.95. The summed E-state index contributed by atoms with van der Waals surface area (Å²) in [6.45, 7) is 1.54. The minimum atomic E-state index is -0.306. The smallest absolute Gasteiger partial charge is 0.0830 e. The number of nitrogens with two attached hydrogens (primary N) is 1. The quantitative estimate of drug-likeness (QED) is 0.410. The third kappa shape index (κ3) is 0.992. The largest absolute Gasteiger partial charge is 0.390 e. The van der Waals surface area contributed by atoms with E-state index in [1.54, 1.807) is 0 Å². The van der Waals surface area contributed by atoms with Crippen molar-refractivity contribution >= 4 is 0 Å². The van der Waals surface area contributed by atoms with Gasteiger partial charge in [0.1, 0.15) is 0 Å². The Morgan fingerprint density at radius 1 is 1.62 bits per heavy atom. The number of likely N-dealkylation sites (N-methyl/N-ethyl adjacent to an activating group) is 1. The van der Waals surface area contributed by atoms with E-state index in [9.17, 15) is 0 Å². The molecular formula is C5H12N2O. The third-order valence-electron chi connectivity index (χ3n) is 1.52. The monoisotopic (exact) mass is 116 g/mol. The molecule has 1 saturated heterocycles. The number of nitrogens with zero attached hydrogens (tertiary/aromatic N) is 1. The number of β-amino-alcohol motifs (C(OH)–C–C–N with tert-alkyl or cyclic N) is 1. The Morgan fingerprint density at radius 2 is 2.25 bits per heavy atom. The van der Waals surface area contributed by atoms with Gasteiger partial charge in [-0.2, -0.15) is 0 Å². The molecule has 0 saturated carbocycles. The number of likely N-dealkylation sites (tertiary alicyclic amines) is 1. The van der Waals surface area contributed by atoms with Crippen LogP contribution in [-0.2, 0) is 0 Å². The van der Waals surface area contributed by atoms with Crippen LogP contribution in [0.1, 0.15) is 0 Å². The van der Waals surface area contributed by atoms with Crippen molar-refractivity contribution in [1.29, 1.82) is 0 Å². The molecule has 1 aliphatic heterocycles. The fraction of sp³-hybridized carbons (Fsp3) is 1.00. The van der Waals surface area contributed by atoms with Crippen LogP contribution in [0.3, 0.4) is 0 Å². The van der Waals surface area contributed by atoms with Crippen molar-refractivity contribution < 1.29 is 5.11 Å². The topological polar surface area (TPSA) is 49.5 Å². The van der Waals surface area contributed by atoms with E-state index in [1.165, 1.54) is 0 Å². The second kappa shape index (κ2) is 2.01. The van der Waals surface area contributed by atoms with Crippen molar-refractivity contribution in [3.63, 3.8) is 0 Å². The number of aliphatic hydroxyl groups excluding tert-OH is 1. The molecule has 2 atom stereocenters. The lowest BCUT2D eigenvalue weighted by atomic mass is 10.2. The highest BCUT2D eigenvalue weighted by Crippen LogP contribution is 2.03. The average Bonchev–Trinajstić information content (AvgIpc) is 1.85. The van der Waals surface area contributed by atoms with Crippen molar-refractivity contribution in [2.24, 2.45) is 5.73 Å². The number of rotatable bonds is 0. The van der Waals surface area contributed by atoms with Crippen LogP contribution in [-0.4, -0.2) is 42.3 Å². The molecule has 1 aliphatic rings. The van der Waals surface area contributed by atoms with Crippen molar-refractivity contribution in [3.05, 3.63) is 0 Å². The van der Waals surface area contributed by atoms with Gasteiger partial charge in [0.05, 0.1) is 6.10 Å². The lowest BCUT2D eigenvalue weighted by Gasteiger charge is -2.03. The third-order valence-corrected chi connectivity index (χ3v) is 1.52. The van der Waals surface area contributed by atoms with E-state index in [1.807, 2.05) is 11.9 Å². The molecular weight excluding hydrogens is 104 g/mol. The molecule has 0 aromatic heterocycles. The van der Waals surface area contributed by atoms with E-state index in [2.05, 4.69) is 0 Å². The molecule has 3 heteroatoms. The zero-order chi connectivity index (χ0) is 6.15. The Morgan fingerprint density at radius 3 is 2.38 bits per heavy atom. The fourth-order valence-corrected chi connectivity index (χ4v) is 1.01. The summed E-state index contributed by atoms with van der Waals surface area (Å²) in [5.74, 6) is 0. The highest BCUT2D eigenvalue weighted by molar-refractivity contribution is 4.84. The first-order valence-electron chi connectivity index (χ1n) is 2.82. The van der Waals surface area contributed by atoms with Crippen LogP contribution in [0.2, 0.25) is 0 Å². The molecule has 3 N–H and O–H groups in total. The zero-order valence-corrected chi connectivity index (χ0v) is 5.04. The van der Waals surface area contributed by atoms with Crippen LogP contribution in [0.4, 0.5) is 0 Å². The van der Waals surface area contributed by atoms with E-state index < -0.39 is 0 Å². The Kier molecular flexibility index (Phi) is 1.51. The maximum absolute atomic E-state index is 9.00. The molecule has 0 amide bonds. The van der Waals surface area contributed by atoms with E-state index in [0.29, 0.717) is 0 Å². The van der Waals surface area contributed by atoms with Crippen LogP contribution in [0.5, 0.6) is 0 Å². The summed E-state index contributed by atoms with van der Waals surface area (Å²) < 4.78 is 0. The summed E-state index contributed by atoms with van der Waals surface area (Å²) >= 11 is 0. The van der Waals surface area contributed by atoms with Crippen molar-refractivity contribution in [2.45, 2.75) is 12.1 Å². The average molecular weight is 116 g/mol. The molecule has 1 unspecified atom stereocenters. The second-order valence-corrected chi connectivity index (χ2v) is 2.45. The maximum atomic E-state index is 9.00. The van der Waals surface area contributed by atoms with Crippen LogP contribution < -0.4 is 5.73 Å². The predicted molar refractivity (Wildman–Crippen MR) is 31.5 cm³/mol. The van der Waals surface area contributed by atoms with Crippen molar-refractivity contribution in [1.82, 2.24) is 4.90 Å². The maximum Gasteiger partial charge on any atom is 0.0830 e. The van der Waals surface area contributed by atoms with Gasteiger partial charge in [-0.1, -0.05) is 0 Å². The Hall–Kier alpha value is -0.120. The fourth-order valence-electron chi connectivity index (χ4n) is 1.01. The molecule has 1 heterocycles. The number of aliphatic hydroxyl groups is 1. The van der Waals surface area contributed by atoms with Gasteiger partial charge in [-0.05, 0) is 7.05 Å². The van der Waals surface area contributed by atoms with Crippen molar-refractivity contribution in [3.8, 4) is 0 Å². The number of hydrogen-bond donors (Lipinski definition) is 2. The van der Waals surface area contributed by atoms with Crippen molar-refractivity contribution in [2.75, 3.05) is 20.1 Å². The summed E-state index contributed by atoms with van der Waals surface area (Å²) in [6.07, 6.45) is -0.306. The molecule has 0 aromatic rings. The number of hydrogen-bond acceptors (Lipinski definition) is 3. The highest BCUT2D eigenvalue weighted by Gasteiger charge is 2.24. The second-order valence-electron chi connectivity index (χ2n) is 2.45. The normalized spacial score (nSPS) is 40.9. The first-order chi connectivity index (χ1) is 3.70. The summed E-state index contributed by atoms with van der Waals surface area (Å²) in [6, 6.07) is -0.0278. The van der Waals surface area contributed by atoms with Gasteiger partial charge in [0.25, 0.3) is 0 Å².